The first-order chi connectivity index (χ1) is 12.2. The summed E-state index contributed by atoms with van der Waals surface area (Å²) in [6.45, 7) is 3.40. The topological polar surface area (TPSA) is 54.3 Å². The van der Waals surface area contributed by atoms with Crippen LogP contribution in [0, 0.1) is 0 Å². The van der Waals surface area contributed by atoms with Gasteiger partial charge in [0.05, 0.1) is 0 Å². The maximum absolute atomic E-state index is 12.5. The molecule has 1 amide bonds. The lowest BCUT2D eigenvalue weighted by atomic mass is 10.0. The number of nitrogens with zero attached hydrogens (tertiary/aromatic N) is 5. The Morgan fingerprint density at radius 2 is 2.16 bits per heavy atom. The minimum atomic E-state index is 0.262. The Morgan fingerprint density at radius 3 is 2.92 bits per heavy atom. The quantitative estimate of drug-likeness (QED) is 0.775. The van der Waals surface area contributed by atoms with Gasteiger partial charge in [0.2, 0.25) is 5.91 Å². The number of aryl methyl sites for hydroxylation is 1. The molecule has 1 saturated heterocycles. The molecule has 6 nitrogen and oxygen atoms in total. The van der Waals surface area contributed by atoms with Crippen molar-refractivity contribution < 1.29 is 4.79 Å². The van der Waals surface area contributed by atoms with Crippen molar-refractivity contribution >= 4 is 5.91 Å². The van der Waals surface area contributed by atoms with Crippen LogP contribution in [0.2, 0.25) is 0 Å². The van der Waals surface area contributed by atoms with Crippen LogP contribution in [0.25, 0.3) is 0 Å². The second-order valence-corrected chi connectivity index (χ2v) is 6.80. The fourth-order valence-electron chi connectivity index (χ4n) is 3.44. The molecule has 0 aliphatic carbocycles. The van der Waals surface area contributed by atoms with Crippen LogP contribution in [0.1, 0.15) is 31.2 Å². The monoisotopic (exact) mass is 341 g/mol. The van der Waals surface area contributed by atoms with E-state index >= 15 is 0 Å². The minimum Gasteiger partial charge on any atom is -0.341 e. The van der Waals surface area contributed by atoms with Crippen LogP contribution in [0.3, 0.4) is 0 Å². The van der Waals surface area contributed by atoms with Gasteiger partial charge in [-0.15, -0.1) is 0 Å². The molecule has 1 atom stereocenters. The van der Waals surface area contributed by atoms with Gasteiger partial charge in [-0.3, -0.25) is 14.4 Å². The largest absolute Gasteiger partial charge is 0.341 e. The first-order valence-electron chi connectivity index (χ1n) is 9.07. The van der Waals surface area contributed by atoms with Crippen molar-refractivity contribution in [1.82, 2.24) is 24.6 Å². The number of hydrogen-bond donors (Lipinski definition) is 0. The smallest absolute Gasteiger partial charge is 0.222 e. The van der Waals surface area contributed by atoms with Crippen molar-refractivity contribution in [3.63, 3.8) is 0 Å². The zero-order valence-corrected chi connectivity index (χ0v) is 14.9. The predicted molar refractivity (Wildman–Crippen MR) is 96.8 cm³/mol. The van der Waals surface area contributed by atoms with Gasteiger partial charge in [-0.25, -0.2) is 4.98 Å². The van der Waals surface area contributed by atoms with Crippen molar-refractivity contribution in [3.05, 3.63) is 48.5 Å². The van der Waals surface area contributed by atoms with E-state index in [1.165, 1.54) is 11.9 Å². The molecule has 6 heteroatoms. The van der Waals surface area contributed by atoms with Gasteiger partial charge in [-0.1, -0.05) is 30.3 Å². The maximum atomic E-state index is 12.5. The van der Waals surface area contributed by atoms with Gasteiger partial charge in [-0.2, -0.15) is 5.10 Å². The van der Waals surface area contributed by atoms with Crippen LogP contribution in [-0.4, -0.2) is 56.7 Å². The molecule has 25 heavy (non-hydrogen) atoms. The van der Waals surface area contributed by atoms with Crippen molar-refractivity contribution in [1.29, 1.82) is 0 Å². The van der Waals surface area contributed by atoms with E-state index in [1.807, 2.05) is 11.0 Å². The summed E-state index contributed by atoms with van der Waals surface area (Å²) in [7, 11) is 2.16. The average Bonchev–Trinajstić information content (AvgIpc) is 3.16. The summed E-state index contributed by atoms with van der Waals surface area (Å²) in [5.41, 5.74) is 1.32. The lowest BCUT2D eigenvalue weighted by Gasteiger charge is -2.37. The maximum Gasteiger partial charge on any atom is 0.222 e. The number of aromatic nitrogens is 3. The standard InChI is InChI=1S/C19H27N5O/c1-22(13-17-7-3-2-4-8-17)18-9-5-11-23(14-18)19(25)10-6-12-24-16-20-15-21-24/h2-4,7-8,15-16,18H,5-6,9-14H2,1H3. The van der Waals surface area contributed by atoms with E-state index < -0.39 is 0 Å². The van der Waals surface area contributed by atoms with Crippen LogP contribution >= 0.6 is 0 Å². The summed E-state index contributed by atoms with van der Waals surface area (Å²) >= 11 is 0. The minimum absolute atomic E-state index is 0.262. The van der Waals surface area contributed by atoms with Gasteiger partial charge in [0.15, 0.2) is 0 Å². The Labute approximate surface area is 149 Å². The fourth-order valence-corrected chi connectivity index (χ4v) is 3.44. The molecule has 0 radical (unpaired) electrons. The van der Waals surface area contributed by atoms with Crippen LogP contribution in [0.5, 0.6) is 0 Å². The van der Waals surface area contributed by atoms with Gasteiger partial charge in [0, 0.05) is 38.6 Å². The highest BCUT2D eigenvalue weighted by atomic mass is 16.2. The third-order valence-electron chi connectivity index (χ3n) is 4.89. The number of hydrogen-bond acceptors (Lipinski definition) is 4. The van der Waals surface area contributed by atoms with Crippen molar-refractivity contribution in [2.45, 2.75) is 44.8 Å². The second kappa shape index (κ2) is 8.76. The summed E-state index contributed by atoms with van der Waals surface area (Å²) < 4.78 is 1.78. The Balaban J connectivity index is 1.45. The van der Waals surface area contributed by atoms with E-state index in [1.54, 1.807) is 11.0 Å². The molecule has 1 aliphatic rings. The molecular formula is C19H27N5O. The zero-order chi connectivity index (χ0) is 17.5. The van der Waals surface area contributed by atoms with E-state index in [-0.39, 0.29) is 5.91 Å². The van der Waals surface area contributed by atoms with Crippen molar-refractivity contribution in [2.24, 2.45) is 0 Å². The Bertz CT molecular complexity index is 643. The molecule has 0 spiro atoms. The van der Waals surface area contributed by atoms with E-state index in [2.05, 4.69) is 46.3 Å². The molecule has 1 aromatic heterocycles. The molecule has 3 rings (SSSR count). The fraction of sp³-hybridized carbons (Fsp3) is 0.526. The highest BCUT2D eigenvalue weighted by Gasteiger charge is 2.25. The molecule has 0 saturated carbocycles. The lowest BCUT2D eigenvalue weighted by molar-refractivity contribution is -0.133. The number of likely N-dealkylation sites (tertiary alicyclic amines) is 1. The van der Waals surface area contributed by atoms with Crippen LogP contribution in [-0.2, 0) is 17.9 Å². The molecule has 0 bridgehead atoms. The number of piperidine rings is 1. The summed E-state index contributed by atoms with van der Waals surface area (Å²) in [6.07, 6.45) is 6.85. The first kappa shape index (κ1) is 17.6. The second-order valence-electron chi connectivity index (χ2n) is 6.80. The molecule has 134 valence electrons. The van der Waals surface area contributed by atoms with Gasteiger partial charge in [0.1, 0.15) is 12.7 Å². The first-order valence-corrected chi connectivity index (χ1v) is 9.07. The number of amides is 1. The van der Waals surface area contributed by atoms with E-state index in [4.69, 9.17) is 0 Å². The van der Waals surface area contributed by atoms with Gasteiger partial charge >= 0.3 is 0 Å². The van der Waals surface area contributed by atoms with E-state index in [9.17, 15) is 4.79 Å². The van der Waals surface area contributed by atoms with Gasteiger partial charge in [0.25, 0.3) is 0 Å². The van der Waals surface area contributed by atoms with E-state index in [0.29, 0.717) is 12.5 Å². The third-order valence-corrected chi connectivity index (χ3v) is 4.89. The number of carbonyl (C=O) groups is 1. The molecule has 1 unspecified atom stereocenters. The zero-order valence-electron chi connectivity index (χ0n) is 14.9. The Kier molecular flexibility index (Phi) is 6.17. The number of benzene rings is 1. The van der Waals surface area contributed by atoms with Crippen LogP contribution in [0.4, 0.5) is 0 Å². The molecule has 1 fully saturated rings. The summed E-state index contributed by atoms with van der Waals surface area (Å²) in [5, 5.41) is 4.07. The molecule has 2 heterocycles. The Hall–Kier alpha value is -2.21. The lowest BCUT2D eigenvalue weighted by Crippen LogP contribution is -2.48. The van der Waals surface area contributed by atoms with Crippen LogP contribution < -0.4 is 0 Å². The van der Waals surface area contributed by atoms with Crippen molar-refractivity contribution in [3.8, 4) is 0 Å². The number of rotatable bonds is 7. The highest BCUT2D eigenvalue weighted by molar-refractivity contribution is 5.76. The van der Waals surface area contributed by atoms with E-state index in [0.717, 1.165) is 45.4 Å². The summed E-state index contributed by atoms with van der Waals surface area (Å²) in [6, 6.07) is 11.0. The van der Waals surface area contributed by atoms with Gasteiger partial charge < -0.3 is 4.90 Å². The summed E-state index contributed by atoms with van der Waals surface area (Å²) in [5.74, 6) is 0.262. The predicted octanol–water partition coefficient (Wildman–Crippen LogP) is 2.18. The highest BCUT2D eigenvalue weighted by Crippen LogP contribution is 2.18. The van der Waals surface area contributed by atoms with Gasteiger partial charge in [-0.05, 0) is 31.9 Å². The molecule has 0 N–H and O–H groups in total. The molecule has 1 aliphatic heterocycles. The number of likely N-dealkylation sites (N-methyl/N-ethyl adjacent to an activating group) is 1. The molecular weight excluding hydrogens is 314 g/mol. The average molecular weight is 341 g/mol. The summed E-state index contributed by atoms with van der Waals surface area (Å²) in [4.78, 5) is 20.9. The third kappa shape index (κ3) is 5.13. The normalized spacial score (nSPS) is 17.8. The SMILES string of the molecule is CN(Cc1ccccc1)C1CCCN(C(=O)CCCn2cncn2)C1. The molecule has 2 aromatic rings. The molecule has 1 aromatic carbocycles. The van der Waals surface area contributed by atoms with Crippen LogP contribution in [0.15, 0.2) is 43.0 Å². The number of carbonyl (C=O) groups excluding carboxylic acids is 1. The van der Waals surface area contributed by atoms with Crippen molar-refractivity contribution in [2.75, 3.05) is 20.1 Å². The Morgan fingerprint density at radius 1 is 1.32 bits per heavy atom.